The van der Waals surface area contributed by atoms with Gasteiger partial charge in [-0.2, -0.15) is 0 Å². The standard InChI is InChI=1S/C51H84O19P2/c1-3-5-7-8-9-10-11-12-13-14-15-16-17-18-19-20-21-26-30-36-44(55)66-38-41(39-67-72(64,65)70-51-48(59)46(57)47(58)50(49(51)60)69-71(61,62)63)68-45(56)37-31-35-43(54)42(53)34-29-25-23-22-24-28-33-40(52)32-27-6-4-2/h9-10,12-13,15-16,18-19,22-25,28-29,33-34,40-43,46-54,57-60H,3-8,11,14,17,20-21,26-27,30-32,35-39H2,1-2H3,(H,64,65)(H2,61,62,63)/b10-9-,13-12-,16-15-,19-18-,24-22-,25-23+,33-28+,34-29+/t40-,41+,42-,43-,46?,47?,48?,49?,50+,51-/m0/s1. The molecule has 11 atom stereocenters. The highest BCUT2D eigenvalue weighted by Gasteiger charge is 2.54. The predicted octanol–water partition coefficient (Wildman–Crippen LogP) is 6.86. The van der Waals surface area contributed by atoms with Crippen LogP contribution >= 0.6 is 15.6 Å². The Balaban J connectivity index is 2.74. The molecule has 1 fully saturated rings. The van der Waals surface area contributed by atoms with Gasteiger partial charge in [0.1, 0.15) is 43.2 Å². The van der Waals surface area contributed by atoms with E-state index in [0.29, 0.717) is 19.3 Å². The van der Waals surface area contributed by atoms with Crippen LogP contribution < -0.4 is 0 Å². The van der Waals surface area contributed by atoms with Crippen molar-refractivity contribution < 1.29 is 92.2 Å². The Bertz CT molecular complexity index is 1810. The number of rotatable bonds is 40. The maximum atomic E-state index is 13.0. The number of allylic oxidation sites excluding steroid dienone is 14. The van der Waals surface area contributed by atoms with Crippen LogP contribution in [0.25, 0.3) is 0 Å². The second kappa shape index (κ2) is 40.2. The van der Waals surface area contributed by atoms with E-state index in [1.807, 2.05) is 0 Å². The number of hydrogen-bond acceptors (Lipinski definition) is 16. The zero-order valence-corrected chi connectivity index (χ0v) is 43.7. The fraction of sp³-hybridized carbons (Fsp3) is 0.647. The van der Waals surface area contributed by atoms with Gasteiger partial charge in [-0.1, -0.05) is 150 Å². The second-order valence-corrected chi connectivity index (χ2v) is 20.0. The topological polar surface area (TPSA) is 317 Å². The smallest absolute Gasteiger partial charge is 0.462 e. The Morgan fingerprint density at radius 2 is 1.06 bits per heavy atom. The number of aliphatic hydroxyl groups is 7. The van der Waals surface area contributed by atoms with Gasteiger partial charge in [0.2, 0.25) is 0 Å². The van der Waals surface area contributed by atoms with Crippen molar-refractivity contribution in [3.05, 3.63) is 97.2 Å². The maximum Gasteiger partial charge on any atom is 0.472 e. The summed E-state index contributed by atoms with van der Waals surface area (Å²) < 4.78 is 49.1. The molecule has 72 heavy (non-hydrogen) atoms. The first-order valence-corrected chi connectivity index (χ1v) is 28.1. The number of phosphoric acid groups is 2. The molecule has 0 radical (unpaired) electrons. The molecule has 1 saturated carbocycles. The molecule has 0 aliphatic heterocycles. The van der Waals surface area contributed by atoms with Crippen LogP contribution in [-0.4, -0.2) is 137 Å². The van der Waals surface area contributed by atoms with E-state index < -0.39 is 102 Å². The number of aliphatic hydroxyl groups excluding tert-OH is 7. The van der Waals surface area contributed by atoms with Crippen molar-refractivity contribution in [3.8, 4) is 0 Å². The number of esters is 2. The van der Waals surface area contributed by atoms with E-state index in [9.17, 15) is 69.1 Å². The molecule has 0 bridgehead atoms. The molecule has 10 N–H and O–H groups in total. The molecule has 0 spiro atoms. The molecule has 0 amide bonds. The normalized spacial score (nSPS) is 22.9. The summed E-state index contributed by atoms with van der Waals surface area (Å²) in [5.74, 6) is -1.58. The van der Waals surface area contributed by atoms with Gasteiger partial charge in [-0.15, -0.1) is 0 Å². The van der Waals surface area contributed by atoms with Crippen molar-refractivity contribution in [1.29, 1.82) is 0 Å². The number of unbranched alkanes of at least 4 members (excludes halogenated alkanes) is 8. The first kappa shape index (κ1) is 66.8. The van der Waals surface area contributed by atoms with Crippen molar-refractivity contribution in [2.24, 2.45) is 0 Å². The predicted molar refractivity (Wildman–Crippen MR) is 273 cm³/mol. The highest BCUT2D eigenvalue weighted by Crippen LogP contribution is 2.49. The Labute approximate surface area is 425 Å². The van der Waals surface area contributed by atoms with E-state index in [0.717, 1.165) is 57.8 Å². The second-order valence-electron chi connectivity index (χ2n) is 17.4. The minimum atomic E-state index is -5.42. The van der Waals surface area contributed by atoms with E-state index in [2.05, 4.69) is 67.0 Å². The van der Waals surface area contributed by atoms with Crippen molar-refractivity contribution >= 4 is 27.6 Å². The molecule has 412 valence electrons. The van der Waals surface area contributed by atoms with Crippen LogP contribution in [0.4, 0.5) is 0 Å². The van der Waals surface area contributed by atoms with Gasteiger partial charge in [0, 0.05) is 12.8 Å². The van der Waals surface area contributed by atoms with E-state index >= 15 is 0 Å². The number of ether oxygens (including phenoxy) is 2. The Morgan fingerprint density at radius 3 is 1.64 bits per heavy atom. The summed E-state index contributed by atoms with van der Waals surface area (Å²) in [6.45, 7) is 2.66. The van der Waals surface area contributed by atoms with Crippen LogP contribution in [0.1, 0.15) is 136 Å². The van der Waals surface area contributed by atoms with E-state index in [1.165, 1.54) is 31.4 Å². The van der Waals surface area contributed by atoms with Crippen molar-refractivity contribution in [2.45, 2.75) is 197 Å². The van der Waals surface area contributed by atoms with Crippen LogP contribution in [0.5, 0.6) is 0 Å². The van der Waals surface area contributed by atoms with Crippen LogP contribution in [0.3, 0.4) is 0 Å². The molecular weight excluding hydrogens is 978 g/mol. The van der Waals surface area contributed by atoms with E-state index in [-0.39, 0.29) is 25.7 Å². The lowest BCUT2D eigenvalue weighted by molar-refractivity contribution is -0.216. The van der Waals surface area contributed by atoms with Gasteiger partial charge in [0.15, 0.2) is 6.10 Å². The Hall–Kier alpha value is -3.20. The van der Waals surface area contributed by atoms with Crippen LogP contribution in [-0.2, 0) is 41.8 Å². The van der Waals surface area contributed by atoms with Crippen molar-refractivity contribution in [3.63, 3.8) is 0 Å². The molecule has 0 aromatic heterocycles. The first-order chi connectivity index (χ1) is 34.3. The fourth-order valence-electron chi connectivity index (χ4n) is 6.92. The minimum absolute atomic E-state index is 0.00396. The number of carbonyl (C=O) groups excluding carboxylic acids is 2. The summed E-state index contributed by atoms with van der Waals surface area (Å²) in [4.78, 5) is 54.4. The summed E-state index contributed by atoms with van der Waals surface area (Å²) in [6.07, 6.45) is 25.5. The van der Waals surface area contributed by atoms with Crippen LogP contribution in [0, 0.1) is 0 Å². The zero-order chi connectivity index (χ0) is 53.6. The van der Waals surface area contributed by atoms with Gasteiger partial charge >= 0.3 is 27.6 Å². The third-order valence-electron chi connectivity index (χ3n) is 11.0. The summed E-state index contributed by atoms with van der Waals surface area (Å²) in [7, 11) is -10.8. The minimum Gasteiger partial charge on any atom is -0.462 e. The molecule has 1 rings (SSSR count). The molecule has 0 heterocycles. The highest BCUT2D eigenvalue weighted by molar-refractivity contribution is 7.47. The largest absolute Gasteiger partial charge is 0.472 e. The van der Waals surface area contributed by atoms with Gasteiger partial charge in [-0.3, -0.25) is 23.2 Å². The van der Waals surface area contributed by atoms with Gasteiger partial charge in [0.25, 0.3) is 0 Å². The van der Waals surface area contributed by atoms with E-state index in [1.54, 1.807) is 36.5 Å². The maximum absolute atomic E-state index is 13.0. The molecule has 0 saturated heterocycles. The van der Waals surface area contributed by atoms with Crippen molar-refractivity contribution in [2.75, 3.05) is 13.2 Å². The summed E-state index contributed by atoms with van der Waals surface area (Å²) in [5.41, 5.74) is 0. The molecule has 0 aromatic rings. The van der Waals surface area contributed by atoms with E-state index in [4.69, 9.17) is 18.5 Å². The first-order valence-electron chi connectivity index (χ1n) is 25.1. The van der Waals surface area contributed by atoms with Gasteiger partial charge in [-0.25, -0.2) is 9.13 Å². The summed E-state index contributed by atoms with van der Waals surface area (Å²) in [6, 6.07) is 0. The average molecular weight is 1060 g/mol. The van der Waals surface area contributed by atoms with Crippen LogP contribution in [0.15, 0.2) is 97.2 Å². The van der Waals surface area contributed by atoms with Gasteiger partial charge < -0.3 is 59.9 Å². The average Bonchev–Trinajstić information content (AvgIpc) is 3.33. The monoisotopic (exact) mass is 1060 g/mol. The third kappa shape index (κ3) is 33.6. The molecule has 1 aliphatic carbocycles. The molecular formula is C51H84O19P2. The summed E-state index contributed by atoms with van der Waals surface area (Å²) in [5, 5.41) is 72.0. The molecule has 21 heteroatoms. The highest BCUT2D eigenvalue weighted by atomic mass is 31.2. The lowest BCUT2D eigenvalue weighted by atomic mass is 9.85. The number of phosphoric ester groups is 2. The summed E-state index contributed by atoms with van der Waals surface area (Å²) >= 11 is 0. The SMILES string of the molecule is CCCCC/C=C\C/C=C\C/C=C\C/C=C\CCCCCC(=O)OC[C@H](COP(=O)(O)O[C@H]1C(O)C(O)C(O)[C@@H](OP(=O)(O)O)C1O)OC(=O)CCC[C@H](O)[C@@H](O)/C=C/C=C/C=C\C=C\[C@@H](O)CCCCC. The number of hydrogen-bond donors (Lipinski definition) is 10. The Kier molecular flexibility index (Phi) is 37.3. The fourth-order valence-corrected chi connectivity index (χ4v) is 8.46. The molecule has 1 aliphatic rings. The molecule has 0 aromatic carbocycles. The van der Waals surface area contributed by atoms with Crippen LogP contribution in [0.2, 0.25) is 0 Å². The lowest BCUT2D eigenvalue weighted by Gasteiger charge is -2.43. The third-order valence-corrected chi connectivity index (χ3v) is 12.5. The zero-order valence-electron chi connectivity index (χ0n) is 41.9. The lowest BCUT2D eigenvalue weighted by Crippen LogP contribution is -2.64. The Morgan fingerprint density at radius 1 is 0.542 bits per heavy atom. The van der Waals surface area contributed by atoms with Gasteiger partial charge in [-0.05, 0) is 70.6 Å². The molecule has 5 unspecified atom stereocenters. The molecule has 19 nitrogen and oxygen atoms in total. The quantitative estimate of drug-likeness (QED) is 0.00984. The number of carbonyl (C=O) groups is 2. The van der Waals surface area contributed by atoms with Gasteiger partial charge in [0.05, 0.1) is 24.9 Å². The van der Waals surface area contributed by atoms with Crippen molar-refractivity contribution in [1.82, 2.24) is 0 Å².